The molecule has 0 unspecified atom stereocenters. The molecule has 1 aromatic carbocycles. The number of nitrogens with one attached hydrogen (secondary N) is 1. The predicted molar refractivity (Wildman–Crippen MR) is 96.5 cm³/mol. The monoisotopic (exact) mass is 346 g/mol. The maximum atomic E-state index is 11.6. The fraction of sp³-hybridized carbons (Fsp3) is 0.500. The number of carboxylic acids is 1. The molecule has 0 radical (unpaired) electrons. The molecule has 0 aliphatic heterocycles. The number of para-hydroxylation sites is 2. The highest BCUT2D eigenvalue weighted by atomic mass is 16.4. The van der Waals surface area contributed by atoms with Crippen molar-refractivity contribution in [1.82, 2.24) is 19.8 Å². The molecule has 0 spiro atoms. The summed E-state index contributed by atoms with van der Waals surface area (Å²) in [5, 5.41) is 11.4. The molecule has 0 fully saturated rings. The lowest BCUT2D eigenvalue weighted by Crippen LogP contribution is -2.27. The van der Waals surface area contributed by atoms with Crippen LogP contribution in [0.4, 0.5) is 0 Å². The molecule has 7 heteroatoms. The second kappa shape index (κ2) is 9.17. The molecule has 0 saturated heterocycles. The molecule has 1 aromatic heterocycles. The van der Waals surface area contributed by atoms with Gasteiger partial charge in [-0.3, -0.25) is 9.59 Å². The summed E-state index contributed by atoms with van der Waals surface area (Å²) in [6.45, 7) is 2.33. The first-order valence-electron chi connectivity index (χ1n) is 8.54. The van der Waals surface area contributed by atoms with Crippen molar-refractivity contribution in [1.29, 1.82) is 0 Å². The van der Waals surface area contributed by atoms with Gasteiger partial charge in [-0.25, -0.2) is 4.98 Å². The quantitative estimate of drug-likeness (QED) is 0.681. The summed E-state index contributed by atoms with van der Waals surface area (Å²) in [4.78, 5) is 29.0. The van der Waals surface area contributed by atoms with Crippen LogP contribution in [-0.2, 0) is 22.6 Å². The Kier molecular flexibility index (Phi) is 6.94. The number of carbonyl (C=O) groups excluding carboxylic acids is 1. The first-order valence-corrected chi connectivity index (χ1v) is 8.54. The number of hydrogen-bond donors (Lipinski definition) is 2. The van der Waals surface area contributed by atoms with Crippen molar-refractivity contribution in [2.24, 2.45) is 0 Å². The zero-order valence-corrected chi connectivity index (χ0v) is 14.9. The molecule has 25 heavy (non-hydrogen) atoms. The van der Waals surface area contributed by atoms with E-state index in [1.54, 1.807) is 0 Å². The predicted octanol–water partition coefficient (Wildman–Crippen LogP) is 1.51. The average molecular weight is 346 g/mol. The summed E-state index contributed by atoms with van der Waals surface area (Å²) < 4.78 is 2.21. The summed E-state index contributed by atoms with van der Waals surface area (Å²) in [6.07, 6.45) is 1.50. The minimum atomic E-state index is -0.960. The molecular formula is C18H26N4O3. The van der Waals surface area contributed by atoms with Gasteiger partial charge in [-0.2, -0.15) is 0 Å². The van der Waals surface area contributed by atoms with Crippen LogP contribution in [0.25, 0.3) is 11.0 Å². The maximum Gasteiger partial charge on any atom is 0.303 e. The van der Waals surface area contributed by atoms with Crippen LogP contribution in [0.1, 0.15) is 25.1 Å². The van der Waals surface area contributed by atoms with Gasteiger partial charge in [0.15, 0.2) is 0 Å². The summed E-state index contributed by atoms with van der Waals surface area (Å²) in [5.74, 6) is -0.256. The Hall–Kier alpha value is -2.41. The third-order valence-corrected chi connectivity index (χ3v) is 3.96. The molecule has 7 nitrogen and oxygen atoms in total. The molecule has 2 aromatic rings. The first-order chi connectivity index (χ1) is 12.0. The van der Waals surface area contributed by atoms with E-state index in [1.807, 2.05) is 18.2 Å². The second-order valence-electron chi connectivity index (χ2n) is 6.32. The minimum Gasteiger partial charge on any atom is -0.481 e. The van der Waals surface area contributed by atoms with Gasteiger partial charge in [0.1, 0.15) is 5.82 Å². The number of rotatable bonds is 10. The molecule has 0 atom stereocenters. The van der Waals surface area contributed by atoms with E-state index in [2.05, 4.69) is 39.9 Å². The zero-order chi connectivity index (χ0) is 18.2. The van der Waals surface area contributed by atoms with Gasteiger partial charge in [0, 0.05) is 25.9 Å². The Labute approximate surface area is 147 Å². The molecule has 2 rings (SSSR count). The van der Waals surface area contributed by atoms with Crippen LogP contribution in [0.2, 0.25) is 0 Å². The highest BCUT2D eigenvalue weighted by Gasteiger charge is 2.11. The molecule has 0 bridgehead atoms. The van der Waals surface area contributed by atoms with Crippen LogP contribution in [0.5, 0.6) is 0 Å². The van der Waals surface area contributed by atoms with Gasteiger partial charge in [0.2, 0.25) is 5.91 Å². The van der Waals surface area contributed by atoms with Crippen LogP contribution in [0.15, 0.2) is 24.3 Å². The van der Waals surface area contributed by atoms with E-state index >= 15 is 0 Å². The van der Waals surface area contributed by atoms with E-state index in [0.717, 1.165) is 36.4 Å². The highest BCUT2D eigenvalue weighted by molar-refractivity contribution is 5.80. The van der Waals surface area contributed by atoms with Gasteiger partial charge in [-0.15, -0.1) is 0 Å². The molecule has 0 aliphatic rings. The molecule has 1 amide bonds. The molecule has 0 aliphatic carbocycles. The number of nitrogens with zero attached hydrogens (tertiary/aromatic N) is 3. The number of aromatic nitrogens is 2. The Morgan fingerprint density at radius 3 is 2.72 bits per heavy atom. The van der Waals surface area contributed by atoms with Gasteiger partial charge in [-0.05, 0) is 39.2 Å². The number of amides is 1. The van der Waals surface area contributed by atoms with Crippen molar-refractivity contribution in [3.8, 4) is 0 Å². The van der Waals surface area contributed by atoms with Crippen molar-refractivity contribution in [3.63, 3.8) is 0 Å². The van der Waals surface area contributed by atoms with E-state index in [-0.39, 0.29) is 18.7 Å². The molecule has 0 saturated carbocycles. The molecule has 136 valence electrons. The van der Waals surface area contributed by atoms with Gasteiger partial charge in [0.25, 0.3) is 0 Å². The van der Waals surface area contributed by atoms with Crippen LogP contribution in [0, 0.1) is 0 Å². The maximum absolute atomic E-state index is 11.6. The Bertz CT molecular complexity index is 724. The van der Waals surface area contributed by atoms with Crippen molar-refractivity contribution in [2.75, 3.05) is 27.2 Å². The van der Waals surface area contributed by atoms with E-state index in [0.29, 0.717) is 13.0 Å². The third kappa shape index (κ3) is 5.86. The number of hydrogen-bond acceptors (Lipinski definition) is 4. The SMILES string of the molecule is CN(C)CCCn1c(CCNC(=O)CCC(=O)O)nc2ccccc21. The number of carboxylic acid groups (broad SMARTS) is 1. The Morgan fingerprint density at radius 2 is 2.00 bits per heavy atom. The Morgan fingerprint density at radius 1 is 1.24 bits per heavy atom. The van der Waals surface area contributed by atoms with Gasteiger partial charge in [0.05, 0.1) is 17.5 Å². The van der Waals surface area contributed by atoms with E-state index in [9.17, 15) is 9.59 Å². The summed E-state index contributed by atoms with van der Waals surface area (Å²) in [7, 11) is 4.11. The third-order valence-electron chi connectivity index (χ3n) is 3.96. The normalized spacial score (nSPS) is 11.2. The van der Waals surface area contributed by atoms with E-state index < -0.39 is 5.97 Å². The number of aryl methyl sites for hydroxylation is 1. The van der Waals surface area contributed by atoms with Gasteiger partial charge < -0.3 is 19.9 Å². The van der Waals surface area contributed by atoms with Gasteiger partial charge in [-0.1, -0.05) is 12.1 Å². The van der Waals surface area contributed by atoms with E-state index in [4.69, 9.17) is 5.11 Å². The van der Waals surface area contributed by atoms with Crippen LogP contribution in [-0.4, -0.2) is 58.6 Å². The Balaban J connectivity index is 1.98. The highest BCUT2D eigenvalue weighted by Crippen LogP contribution is 2.17. The lowest BCUT2D eigenvalue weighted by atomic mass is 10.3. The van der Waals surface area contributed by atoms with Crippen molar-refractivity contribution in [3.05, 3.63) is 30.1 Å². The number of benzene rings is 1. The summed E-state index contributed by atoms with van der Waals surface area (Å²) in [5.41, 5.74) is 2.06. The lowest BCUT2D eigenvalue weighted by molar-refractivity contribution is -0.138. The van der Waals surface area contributed by atoms with Crippen LogP contribution in [0.3, 0.4) is 0 Å². The standard InChI is InChI=1S/C18H26N4O3/c1-21(2)12-5-13-22-15-7-4-3-6-14(15)20-16(22)10-11-19-17(23)8-9-18(24)25/h3-4,6-7H,5,8-13H2,1-2H3,(H,19,23)(H,24,25). The number of carbonyl (C=O) groups is 2. The number of aliphatic carboxylic acids is 1. The topological polar surface area (TPSA) is 87.5 Å². The minimum absolute atomic E-state index is 0.00852. The van der Waals surface area contributed by atoms with Crippen molar-refractivity contribution >= 4 is 22.9 Å². The van der Waals surface area contributed by atoms with Crippen LogP contribution >= 0.6 is 0 Å². The fourth-order valence-corrected chi connectivity index (χ4v) is 2.73. The average Bonchev–Trinajstić information content (AvgIpc) is 2.90. The van der Waals surface area contributed by atoms with Crippen molar-refractivity contribution < 1.29 is 14.7 Å². The van der Waals surface area contributed by atoms with E-state index in [1.165, 1.54) is 0 Å². The smallest absolute Gasteiger partial charge is 0.303 e. The number of fused-ring (bicyclic) bond motifs is 1. The van der Waals surface area contributed by atoms with Crippen molar-refractivity contribution in [2.45, 2.75) is 32.2 Å². The molecule has 1 heterocycles. The summed E-state index contributed by atoms with van der Waals surface area (Å²) >= 11 is 0. The second-order valence-corrected chi connectivity index (χ2v) is 6.32. The molecule has 2 N–H and O–H groups in total. The molecular weight excluding hydrogens is 320 g/mol. The largest absolute Gasteiger partial charge is 0.481 e. The first kappa shape index (κ1) is 18.9. The lowest BCUT2D eigenvalue weighted by Gasteiger charge is -2.12. The summed E-state index contributed by atoms with van der Waals surface area (Å²) in [6, 6.07) is 8.03. The zero-order valence-electron chi connectivity index (χ0n) is 14.9. The van der Waals surface area contributed by atoms with Gasteiger partial charge >= 0.3 is 5.97 Å². The van der Waals surface area contributed by atoms with Crippen LogP contribution < -0.4 is 5.32 Å². The number of imidazole rings is 1. The fourth-order valence-electron chi connectivity index (χ4n) is 2.73.